The number of hydrogen-bond acceptors (Lipinski definition) is 6. The van der Waals surface area contributed by atoms with Crippen LogP contribution in [0.25, 0.3) is 22.2 Å². The molecule has 3 N–H and O–H groups in total. The molecule has 1 aromatic heterocycles. The van der Waals surface area contributed by atoms with Crippen LogP contribution in [0, 0.1) is 0 Å². The van der Waals surface area contributed by atoms with Gasteiger partial charge in [0.15, 0.2) is 6.29 Å². The number of urea groups is 1. The highest BCUT2D eigenvalue weighted by Gasteiger charge is 2.32. The second-order valence-corrected chi connectivity index (χ2v) is 13.3. The highest BCUT2D eigenvalue weighted by molar-refractivity contribution is 5.89. The first-order valence-corrected chi connectivity index (χ1v) is 18.0. The predicted octanol–water partition coefficient (Wildman–Crippen LogP) is 9.56. The largest absolute Gasteiger partial charge is 0.457 e. The first-order valence-electron chi connectivity index (χ1n) is 18.0. The molecule has 9 heteroatoms. The molecule has 1 aliphatic heterocycles. The van der Waals surface area contributed by atoms with Crippen LogP contribution in [0.3, 0.4) is 0 Å². The van der Waals surface area contributed by atoms with Crippen LogP contribution >= 0.6 is 0 Å². The van der Waals surface area contributed by atoms with Crippen LogP contribution in [0.1, 0.15) is 41.1 Å². The van der Waals surface area contributed by atoms with E-state index in [0.717, 1.165) is 50.2 Å². The number of aromatic nitrogens is 2. The van der Waals surface area contributed by atoms with Crippen molar-refractivity contribution < 1.29 is 24.1 Å². The normalized spacial score (nSPS) is 16.9. The summed E-state index contributed by atoms with van der Waals surface area (Å²) in [5.41, 5.74) is 8.49. The van der Waals surface area contributed by atoms with Crippen LogP contribution < -0.4 is 15.4 Å². The molecule has 1 aliphatic rings. The van der Waals surface area contributed by atoms with E-state index in [9.17, 15) is 9.90 Å². The number of anilines is 1. The van der Waals surface area contributed by atoms with Gasteiger partial charge in [0.05, 0.1) is 42.7 Å². The Labute approximate surface area is 313 Å². The van der Waals surface area contributed by atoms with Crippen molar-refractivity contribution in [2.75, 3.05) is 5.32 Å². The molecule has 3 atom stereocenters. The topological polar surface area (TPSA) is 107 Å². The quantitative estimate of drug-likeness (QED) is 0.123. The maximum Gasteiger partial charge on any atom is 0.319 e. The molecule has 0 aliphatic carbocycles. The fourth-order valence-electron chi connectivity index (χ4n) is 6.77. The molecule has 0 unspecified atom stereocenters. The Balaban J connectivity index is 0.942. The molecule has 2 amide bonds. The van der Waals surface area contributed by atoms with Crippen LogP contribution in [0.15, 0.2) is 158 Å². The fourth-order valence-corrected chi connectivity index (χ4v) is 6.77. The Morgan fingerprint density at radius 2 is 1.46 bits per heavy atom. The lowest BCUT2D eigenvalue weighted by Gasteiger charge is -2.36. The van der Waals surface area contributed by atoms with E-state index < -0.39 is 6.29 Å². The van der Waals surface area contributed by atoms with E-state index in [0.29, 0.717) is 30.9 Å². The molecule has 0 spiro atoms. The average Bonchev–Trinajstić information content (AvgIpc) is 3.63. The first kappa shape index (κ1) is 34.8. The van der Waals surface area contributed by atoms with E-state index in [1.807, 2.05) is 134 Å². The Kier molecular flexibility index (Phi) is 10.4. The van der Waals surface area contributed by atoms with Crippen molar-refractivity contribution in [2.24, 2.45) is 0 Å². The van der Waals surface area contributed by atoms with E-state index in [1.54, 1.807) is 0 Å². The third-order valence-electron chi connectivity index (χ3n) is 9.58. The van der Waals surface area contributed by atoms with Crippen LogP contribution in [-0.4, -0.2) is 26.8 Å². The van der Waals surface area contributed by atoms with Gasteiger partial charge in [-0.15, -0.1) is 0 Å². The second kappa shape index (κ2) is 16.2. The Hall–Kier alpha value is -6.26. The molecule has 9 nitrogen and oxygen atoms in total. The maximum atomic E-state index is 12.9. The number of aliphatic hydroxyl groups excluding tert-OH is 1. The number of ether oxygens (including phenoxy) is 3. The van der Waals surface area contributed by atoms with Gasteiger partial charge in [0.2, 0.25) is 0 Å². The van der Waals surface area contributed by atoms with Crippen LogP contribution in [0.2, 0.25) is 0 Å². The van der Waals surface area contributed by atoms with Crippen molar-refractivity contribution in [1.82, 2.24) is 14.9 Å². The molecule has 0 saturated carbocycles. The van der Waals surface area contributed by atoms with E-state index in [-0.39, 0.29) is 24.8 Å². The number of nitrogens with one attached hydrogen (secondary N) is 2. The number of para-hydroxylation sites is 3. The van der Waals surface area contributed by atoms with Crippen molar-refractivity contribution >= 4 is 22.8 Å². The van der Waals surface area contributed by atoms with Gasteiger partial charge >= 0.3 is 6.03 Å². The Morgan fingerprint density at radius 3 is 2.26 bits per heavy atom. The monoisotopic (exact) mass is 716 g/mol. The molecule has 1 fully saturated rings. The highest BCUT2D eigenvalue weighted by atomic mass is 16.7. The molecule has 0 bridgehead atoms. The molecular formula is C45H40N4O5. The molecule has 1 saturated heterocycles. The summed E-state index contributed by atoms with van der Waals surface area (Å²) in [5.74, 6) is 1.43. The van der Waals surface area contributed by atoms with Gasteiger partial charge in [0, 0.05) is 24.2 Å². The summed E-state index contributed by atoms with van der Waals surface area (Å²) >= 11 is 0. The summed E-state index contributed by atoms with van der Waals surface area (Å²) < 4.78 is 21.2. The number of carbonyl (C=O) groups excluding carboxylic acids is 1. The SMILES string of the molecule is O=C(NCc1ccccc1-c1ccc([C@H]2O[C@@H](Cn3cnc4ccccc43)C[C@@H](c3ccc(CO)cc3)O2)cc1)Nc1ccc(Oc2ccccc2)cc1. The van der Waals surface area contributed by atoms with E-state index in [4.69, 9.17) is 14.2 Å². The fraction of sp³-hybridized carbons (Fsp3) is 0.156. The van der Waals surface area contributed by atoms with Crippen molar-refractivity contribution in [1.29, 1.82) is 0 Å². The Morgan fingerprint density at radius 1 is 0.759 bits per heavy atom. The average molecular weight is 717 g/mol. The molecule has 270 valence electrons. The predicted molar refractivity (Wildman–Crippen MR) is 209 cm³/mol. The minimum Gasteiger partial charge on any atom is -0.457 e. The molecule has 2 heterocycles. The number of hydrogen-bond donors (Lipinski definition) is 3. The van der Waals surface area contributed by atoms with Gasteiger partial charge in [-0.3, -0.25) is 0 Å². The van der Waals surface area contributed by atoms with Crippen molar-refractivity contribution in [3.05, 3.63) is 180 Å². The molecule has 54 heavy (non-hydrogen) atoms. The number of aliphatic hydroxyl groups is 1. The number of nitrogens with zero attached hydrogens (tertiary/aromatic N) is 2. The molecule has 0 radical (unpaired) electrons. The van der Waals surface area contributed by atoms with Crippen molar-refractivity contribution in [3.8, 4) is 22.6 Å². The van der Waals surface area contributed by atoms with Gasteiger partial charge in [-0.2, -0.15) is 0 Å². The first-order chi connectivity index (χ1) is 26.6. The van der Waals surface area contributed by atoms with E-state index >= 15 is 0 Å². The van der Waals surface area contributed by atoms with Crippen molar-refractivity contribution in [3.63, 3.8) is 0 Å². The van der Waals surface area contributed by atoms with E-state index in [2.05, 4.69) is 44.5 Å². The smallest absolute Gasteiger partial charge is 0.319 e. The van der Waals surface area contributed by atoms with E-state index in [1.165, 1.54) is 0 Å². The molecule has 6 aromatic carbocycles. The molecular weight excluding hydrogens is 677 g/mol. The zero-order valence-electron chi connectivity index (χ0n) is 29.5. The second-order valence-electron chi connectivity index (χ2n) is 13.3. The number of benzene rings is 6. The van der Waals surface area contributed by atoms with Gasteiger partial charge in [0.1, 0.15) is 11.5 Å². The van der Waals surface area contributed by atoms with Gasteiger partial charge in [-0.1, -0.05) is 103 Å². The summed E-state index contributed by atoms with van der Waals surface area (Å²) in [6, 6.07) is 48.8. The zero-order valence-corrected chi connectivity index (χ0v) is 29.5. The third-order valence-corrected chi connectivity index (χ3v) is 9.58. The standard InChI is InChI=1S/C45H40N4O5/c50-29-31-14-16-33(17-15-31)43-26-39(28-49-30-47-41-12-6-7-13-42(41)49)53-44(54-43)34-20-18-32(19-21-34)40-11-5-4-8-35(40)27-46-45(51)48-36-22-24-38(25-23-36)52-37-9-2-1-3-10-37/h1-25,30,39,43-44,50H,26-29H2,(H2,46,48,51)/t39-,43+,44+/m1/s1. The summed E-state index contributed by atoms with van der Waals surface area (Å²) in [6.07, 6.45) is 1.61. The minimum absolute atomic E-state index is 0.00686. The van der Waals surface area contributed by atoms with Crippen LogP contribution in [-0.2, 0) is 29.2 Å². The summed E-state index contributed by atoms with van der Waals surface area (Å²) in [4.78, 5) is 17.5. The van der Waals surface area contributed by atoms with Gasteiger partial charge in [-0.05, 0) is 76.3 Å². The van der Waals surface area contributed by atoms with Gasteiger partial charge in [0.25, 0.3) is 0 Å². The highest BCUT2D eigenvalue weighted by Crippen LogP contribution is 2.39. The van der Waals surface area contributed by atoms with Crippen LogP contribution in [0.5, 0.6) is 11.5 Å². The Bertz CT molecular complexity index is 2310. The maximum absolute atomic E-state index is 12.9. The van der Waals surface area contributed by atoms with Crippen LogP contribution in [0.4, 0.5) is 10.5 Å². The third kappa shape index (κ3) is 8.19. The zero-order chi connectivity index (χ0) is 36.7. The minimum atomic E-state index is -0.588. The lowest BCUT2D eigenvalue weighted by Crippen LogP contribution is -2.32. The number of rotatable bonds is 11. The lowest BCUT2D eigenvalue weighted by molar-refractivity contribution is -0.252. The van der Waals surface area contributed by atoms with Gasteiger partial charge < -0.3 is 34.5 Å². The number of amides is 2. The van der Waals surface area contributed by atoms with Crippen molar-refractivity contribution in [2.45, 2.75) is 44.6 Å². The summed E-state index contributed by atoms with van der Waals surface area (Å²) in [6.45, 7) is 0.966. The molecule has 7 aromatic rings. The van der Waals surface area contributed by atoms with Gasteiger partial charge in [-0.25, -0.2) is 9.78 Å². The number of imidazole rings is 1. The number of carbonyl (C=O) groups is 1. The lowest BCUT2D eigenvalue weighted by atomic mass is 9.97. The summed E-state index contributed by atoms with van der Waals surface area (Å²) in [5, 5.41) is 15.5. The summed E-state index contributed by atoms with van der Waals surface area (Å²) in [7, 11) is 0. The molecule has 8 rings (SSSR count). The number of fused-ring (bicyclic) bond motifs is 1.